The first-order chi connectivity index (χ1) is 10.2. The molecule has 0 atom stereocenters. The monoisotopic (exact) mass is 282 g/mol. The summed E-state index contributed by atoms with van der Waals surface area (Å²) >= 11 is 0. The molecule has 5 nitrogen and oxygen atoms in total. The van der Waals surface area contributed by atoms with Crippen LogP contribution in [0.5, 0.6) is 5.75 Å². The van der Waals surface area contributed by atoms with E-state index in [2.05, 4.69) is 6.07 Å². The van der Waals surface area contributed by atoms with E-state index >= 15 is 0 Å². The summed E-state index contributed by atoms with van der Waals surface area (Å²) in [5, 5.41) is 8.99. The second kappa shape index (κ2) is 6.44. The number of nitrogen functional groups attached to an aromatic ring is 1. The predicted molar refractivity (Wildman–Crippen MR) is 77.7 cm³/mol. The van der Waals surface area contributed by atoms with E-state index in [-0.39, 0.29) is 12.2 Å². The Morgan fingerprint density at radius 1 is 1.29 bits per heavy atom. The van der Waals surface area contributed by atoms with Crippen molar-refractivity contribution in [1.82, 2.24) is 0 Å². The number of esters is 1. The highest BCUT2D eigenvalue weighted by Crippen LogP contribution is 2.22. The van der Waals surface area contributed by atoms with Crippen LogP contribution in [0.2, 0.25) is 0 Å². The SMILES string of the molecule is COc1ccc(N)cc1C(=O)OCc1ccccc1C#N. The molecule has 0 saturated carbocycles. The molecule has 21 heavy (non-hydrogen) atoms. The predicted octanol–water partition coefficient (Wildman–Crippen LogP) is 2.51. The lowest BCUT2D eigenvalue weighted by molar-refractivity contribution is 0.0469. The van der Waals surface area contributed by atoms with Crippen molar-refractivity contribution in [3.63, 3.8) is 0 Å². The summed E-state index contributed by atoms with van der Waals surface area (Å²) in [7, 11) is 1.47. The van der Waals surface area contributed by atoms with E-state index in [1.165, 1.54) is 13.2 Å². The van der Waals surface area contributed by atoms with Gasteiger partial charge in [0.05, 0.1) is 18.7 Å². The van der Waals surface area contributed by atoms with Crippen molar-refractivity contribution in [1.29, 1.82) is 5.26 Å². The summed E-state index contributed by atoms with van der Waals surface area (Å²) < 4.78 is 10.3. The molecule has 0 fully saturated rings. The van der Waals surface area contributed by atoms with Gasteiger partial charge in [-0.05, 0) is 24.3 Å². The number of anilines is 1. The van der Waals surface area contributed by atoms with Crippen molar-refractivity contribution >= 4 is 11.7 Å². The molecule has 2 aromatic rings. The molecule has 0 unspecified atom stereocenters. The van der Waals surface area contributed by atoms with Crippen molar-refractivity contribution in [2.75, 3.05) is 12.8 Å². The Bertz CT molecular complexity index is 705. The lowest BCUT2D eigenvalue weighted by Gasteiger charge is -2.10. The summed E-state index contributed by atoms with van der Waals surface area (Å²) in [5.41, 5.74) is 7.49. The molecular weight excluding hydrogens is 268 g/mol. The van der Waals surface area contributed by atoms with E-state index in [0.29, 0.717) is 22.6 Å². The summed E-state index contributed by atoms with van der Waals surface area (Å²) in [6.07, 6.45) is 0. The van der Waals surface area contributed by atoms with Gasteiger partial charge in [-0.25, -0.2) is 4.79 Å². The molecule has 0 amide bonds. The van der Waals surface area contributed by atoms with Crippen molar-refractivity contribution in [3.8, 4) is 11.8 Å². The standard InChI is InChI=1S/C16H14N2O3/c1-20-15-7-6-13(18)8-14(15)16(19)21-10-12-5-3-2-4-11(12)9-17/h2-8H,10,18H2,1H3. The molecule has 0 saturated heterocycles. The Labute approximate surface area is 122 Å². The number of carbonyl (C=O) groups is 1. The van der Waals surface area contributed by atoms with Crippen LogP contribution in [0, 0.1) is 11.3 Å². The van der Waals surface area contributed by atoms with E-state index in [4.69, 9.17) is 20.5 Å². The summed E-state index contributed by atoms with van der Waals surface area (Å²) in [6.45, 7) is 0.0144. The molecule has 0 spiro atoms. The zero-order chi connectivity index (χ0) is 15.2. The topological polar surface area (TPSA) is 85.3 Å². The highest BCUT2D eigenvalue weighted by atomic mass is 16.5. The first kappa shape index (κ1) is 14.4. The number of hydrogen-bond donors (Lipinski definition) is 1. The number of nitrogens with zero attached hydrogens (tertiary/aromatic N) is 1. The Morgan fingerprint density at radius 3 is 2.76 bits per heavy atom. The van der Waals surface area contributed by atoms with Gasteiger partial charge in [0.2, 0.25) is 0 Å². The van der Waals surface area contributed by atoms with Crippen molar-refractivity contribution in [2.45, 2.75) is 6.61 Å². The Kier molecular flexibility index (Phi) is 4.42. The van der Waals surface area contributed by atoms with Crippen LogP contribution >= 0.6 is 0 Å². The number of carbonyl (C=O) groups excluding carboxylic acids is 1. The fourth-order valence-electron chi connectivity index (χ4n) is 1.86. The van der Waals surface area contributed by atoms with Gasteiger partial charge in [0, 0.05) is 11.3 Å². The second-order valence-corrected chi connectivity index (χ2v) is 4.30. The third-order valence-electron chi connectivity index (χ3n) is 2.94. The minimum atomic E-state index is -0.549. The molecule has 2 aromatic carbocycles. The van der Waals surface area contributed by atoms with Crippen LogP contribution in [0.15, 0.2) is 42.5 Å². The molecule has 2 N–H and O–H groups in total. The zero-order valence-corrected chi connectivity index (χ0v) is 11.5. The molecule has 0 aliphatic carbocycles. The van der Waals surface area contributed by atoms with Gasteiger partial charge in [0.25, 0.3) is 0 Å². The molecule has 0 aliphatic rings. The third-order valence-corrected chi connectivity index (χ3v) is 2.94. The largest absolute Gasteiger partial charge is 0.496 e. The number of ether oxygens (including phenoxy) is 2. The van der Waals surface area contributed by atoms with Gasteiger partial charge in [-0.15, -0.1) is 0 Å². The number of nitriles is 1. The van der Waals surface area contributed by atoms with Crippen molar-refractivity contribution in [3.05, 3.63) is 59.2 Å². The molecule has 0 aromatic heterocycles. The van der Waals surface area contributed by atoms with Gasteiger partial charge < -0.3 is 15.2 Å². The molecule has 0 radical (unpaired) electrons. The molecule has 2 rings (SSSR count). The van der Waals surface area contributed by atoms with E-state index in [1.807, 2.05) is 0 Å². The third kappa shape index (κ3) is 3.31. The number of rotatable bonds is 4. The van der Waals surface area contributed by atoms with Crippen LogP contribution in [0.25, 0.3) is 0 Å². The molecule has 5 heteroatoms. The van der Waals surface area contributed by atoms with Gasteiger partial charge in [-0.1, -0.05) is 18.2 Å². The van der Waals surface area contributed by atoms with Crippen LogP contribution in [-0.2, 0) is 11.3 Å². The van der Waals surface area contributed by atoms with E-state index < -0.39 is 5.97 Å². The molecule has 106 valence electrons. The van der Waals surface area contributed by atoms with Gasteiger partial charge in [0.1, 0.15) is 17.9 Å². The van der Waals surface area contributed by atoms with Crippen LogP contribution in [-0.4, -0.2) is 13.1 Å². The number of nitrogens with two attached hydrogens (primary N) is 1. The van der Waals surface area contributed by atoms with Gasteiger partial charge in [-0.3, -0.25) is 0 Å². The average Bonchev–Trinajstić information content (AvgIpc) is 2.52. The van der Waals surface area contributed by atoms with Gasteiger partial charge >= 0.3 is 5.97 Å². The minimum absolute atomic E-state index is 0.0144. The summed E-state index contributed by atoms with van der Waals surface area (Å²) in [6, 6.07) is 13.7. The second-order valence-electron chi connectivity index (χ2n) is 4.30. The Morgan fingerprint density at radius 2 is 2.05 bits per heavy atom. The maximum absolute atomic E-state index is 12.1. The normalized spacial score (nSPS) is 9.71. The molecular formula is C16H14N2O3. The first-order valence-electron chi connectivity index (χ1n) is 6.24. The lowest BCUT2D eigenvalue weighted by Crippen LogP contribution is -2.08. The van der Waals surface area contributed by atoms with Crippen LogP contribution in [0.3, 0.4) is 0 Å². The van der Waals surface area contributed by atoms with Crippen molar-refractivity contribution < 1.29 is 14.3 Å². The molecule has 0 aliphatic heterocycles. The van der Waals surface area contributed by atoms with Crippen LogP contribution in [0.1, 0.15) is 21.5 Å². The van der Waals surface area contributed by atoms with E-state index in [1.54, 1.807) is 36.4 Å². The lowest BCUT2D eigenvalue weighted by atomic mass is 10.1. The smallest absolute Gasteiger partial charge is 0.342 e. The maximum atomic E-state index is 12.1. The number of methoxy groups -OCH3 is 1. The zero-order valence-electron chi connectivity index (χ0n) is 11.5. The number of benzene rings is 2. The van der Waals surface area contributed by atoms with E-state index in [0.717, 1.165) is 0 Å². The first-order valence-corrected chi connectivity index (χ1v) is 6.24. The Balaban J connectivity index is 2.16. The fourth-order valence-corrected chi connectivity index (χ4v) is 1.86. The fraction of sp³-hybridized carbons (Fsp3) is 0.125. The average molecular weight is 282 g/mol. The summed E-state index contributed by atoms with van der Waals surface area (Å²) in [5.74, 6) is -0.158. The van der Waals surface area contributed by atoms with Crippen molar-refractivity contribution in [2.24, 2.45) is 0 Å². The number of hydrogen-bond acceptors (Lipinski definition) is 5. The minimum Gasteiger partial charge on any atom is -0.496 e. The molecule has 0 heterocycles. The quantitative estimate of drug-likeness (QED) is 0.688. The maximum Gasteiger partial charge on any atom is 0.342 e. The molecule has 0 bridgehead atoms. The van der Waals surface area contributed by atoms with Gasteiger partial charge in [-0.2, -0.15) is 5.26 Å². The highest BCUT2D eigenvalue weighted by molar-refractivity contribution is 5.93. The van der Waals surface area contributed by atoms with Gasteiger partial charge in [0.15, 0.2) is 0 Å². The summed E-state index contributed by atoms with van der Waals surface area (Å²) in [4.78, 5) is 12.1. The van der Waals surface area contributed by atoms with Crippen LogP contribution < -0.4 is 10.5 Å². The Hall–Kier alpha value is -3.00. The highest BCUT2D eigenvalue weighted by Gasteiger charge is 2.15. The van der Waals surface area contributed by atoms with Crippen LogP contribution in [0.4, 0.5) is 5.69 Å². The van der Waals surface area contributed by atoms with E-state index in [9.17, 15) is 4.79 Å².